The molecule has 0 saturated heterocycles. The van der Waals surface area contributed by atoms with Crippen molar-refractivity contribution < 1.29 is 9.90 Å². The Labute approximate surface area is 103 Å². The smallest absolute Gasteiger partial charge is 0.142 e. The van der Waals surface area contributed by atoms with Gasteiger partial charge in [-0.3, -0.25) is 4.79 Å². The van der Waals surface area contributed by atoms with Crippen LogP contribution in [0.5, 0.6) is 0 Å². The zero-order valence-electron chi connectivity index (χ0n) is 11.0. The predicted molar refractivity (Wildman–Crippen MR) is 66.4 cm³/mol. The highest BCUT2D eigenvalue weighted by Crippen LogP contribution is 2.69. The van der Waals surface area contributed by atoms with Gasteiger partial charge >= 0.3 is 0 Å². The van der Waals surface area contributed by atoms with Crippen LogP contribution in [0.25, 0.3) is 0 Å². The Morgan fingerprint density at radius 3 is 2.65 bits per heavy atom. The van der Waals surface area contributed by atoms with Crippen molar-refractivity contribution in [1.82, 2.24) is 0 Å². The van der Waals surface area contributed by atoms with E-state index < -0.39 is 0 Å². The number of aliphatic hydroxyl groups excluding tert-OH is 1. The second-order valence-corrected chi connectivity index (χ2v) is 7.06. The zero-order valence-corrected chi connectivity index (χ0v) is 11.0. The maximum atomic E-state index is 12.6. The molecule has 2 heteroatoms. The summed E-state index contributed by atoms with van der Waals surface area (Å²) < 4.78 is 0. The second-order valence-electron chi connectivity index (χ2n) is 7.06. The number of rotatable bonds is 1. The molecule has 0 aromatic rings. The van der Waals surface area contributed by atoms with Gasteiger partial charge in [0, 0.05) is 11.3 Å². The molecule has 4 rings (SSSR count). The zero-order chi connectivity index (χ0) is 12.6. The Kier molecular flexibility index (Phi) is 2.04. The van der Waals surface area contributed by atoms with Crippen LogP contribution in [0.2, 0.25) is 0 Å². The van der Waals surface area contributed by atoms with Crippen molar-refractivity contribution in [2.45, 2.75) is 46.1 Å². The van der Waals surface area contributed by atoms with E-state index in [0.717, 1.165) is 18.4 Å². The molecule has 94 valence electrons. The molecule has 0 aromatic heterocycles. The molecule has 4 fully saturated rings. The molecule has 0 radical (unpaired) electrons. The largest absolute Gasteiger partial charge is 0.393 e. The van der Waals surface area contributed by atoms with Crippen LogP contribution in [0.4, 0.5) is 0 Å². The summed E-state index contributed by atoms with van der Waals surface area (Å²) in [4.78, 5) is 12.6. The van der Waals surface area contributed by atoms with Crippen molar-refractivity contribution in [2.75, 3.05) is 0 Å². The predicted octanol–water partition coefficient (Wildman–Crippen LogP) is 2.56. The first-order valence-corrected chi connectivity index (χ1v) is 6.68. The van der Waals surface area contributed by atoms with Gasteiger partial charge < -0.3 is 5.11 Å². The monoisotopic (exact) mass is 234 g/mol. The molecule has 4 bridgehead atoms. The lowest BCUT2D eigenvalue weighted by molar-refractivity contribution is -0.154. The molecule has 0 spiro atoms. The highest BCUT2D eigenvalue weighted by atomic mass is 16.3. The molecule has 1 N–H and O–H groups in total. The van der Waals surface area contributed by atoms with Crippen LogP contribution < -0.4 is 0 Å². The number of carbonyl (C=O) groups excluding carboxylic acids is 1. The average Bonchev–Trinajstić information content (AvgIpc) is 2.40. The van der Waals surface area contributed by atoms with Gasteiger partial charge in [-0.15, -0.1) is 0 Å². The minimum absolute atomic E-state index is 0.0285. The normalized spacial score (nSPS) is 56.4. The lowest BCUT2D eigenvalue weighted by Crippen LogP contribution is -2.56. The molecular weight excluding hydrogens is 212 g/mol. The Bertz CT molecular complexity index is 413. The molecular formula is C15H22O2. The fraction of sp³-hybridized carbons (Fsp3) is 0.800. The summed E-state index contributed by atoms with van der Waals surface area (Å²) in [6.45, 7) is 10.4. The summed E-state index contributed by atoms with van der Waals surface area (Å²) in [6.07, 6.45) is 2.30. The van der Waals surface area contributed by atoms with Crippen molar-refractivity contribution in [3.63, 3.8) is 0 Å². The van der Waals surface area contributed by atoms with E-state index in [9.17, 15) is 9.90 Å². The standard InChI is InChI=1S/C15H22O2/c1-8(2)9-5-11-14(3)6-10(9)13(17)15(11,4)7-12(14)16/h9-12,16H,1,5-7H2,2-4H3/t9-,10?,11+,12-,14+,15+/m0/s1. The molecule has 2 nitrogen and oxygen atoms in total. The fourth-order valence-electron chi connectivity index (χ4n) is 5.09. The van der Waals surface area contributed by atoms with Gasteiger partial charge in [0.25, 0.3) is 0 Å². The van der Waals surface area contributed by atoms with Gasteiger partial charge in [0.2, 0.25) is 0 Å². The van der Waals surface area contributed by atoms with E-state index in [4.69, 9.17) is 0 Å². The average molecular weight is 234 g/mol. The van der Waals surface area contributed by atoms with Crippen LogP contribution in [0, 0.1) is 28.6 Å². The van der Waals surface area contributed by atoms with E-state index in [0.29, 0.717) is 24.0 Å². The Balaban J connectivity index is 2.08. The quantitative estimate of drug-likeness (QED) is 0.708. The molecule has 4 saturated carbocycles. The van der Waals surface area contributed by atoms with E-state index in [1.807, 2.05) is 6.92 Å². The van der Waals surface area contributed by atoms with E-state index in [2.05, 4.69) is 20.4 Å². The third-order valence-electron chi connectivity index (χ3n) is 6.11. The van der Waals surface area contributed by atoms with Gasteiger partial charge in [0.15, 0.2) is 0 Å². The van der Waals surface area contributed by atoms with Crippen LogP contribution in [0.1, 0.15) is 40.0 Å². The van der Waals surface area contributed by atoms with E-state index >= 15 is 0 Å². The SMILES string of the molecule is C=C(C)[C@@H]1C[C@@H]2[C@@]3(C)CC1C(=O)[C@]2(C)C[C@@H]3O. The summed E-state index contributed by atoms with van der Waals surface area (Å²) in [6, 6.07) is 0. The third-order valence-corrected chi connectivity index (χ3v) is 6.11. The van der Waals surface area contributed by atoms with Crippen molar-refractivity contribution >= 4 is 5.78 Å². The maximum absolute atomic E-state index is 12.6. The summed E-state index contributed by atoms with van der Waals surface area (Å²) in [7, 11) is 0. The minimum Gasteiger partial charge on any atom is -0.393 e. The van der Waals surface area contributed by atoms with E-state index in [1.165, 1.54) is 0 Å². The molecule has 0 heterocycles. The molecule has 6 atom stereocenters. The van der Waals surface area contributed by atoms with Crippen molar-refractivity contribution in [3.8, 4) is 0 Å². The lowest BCUT2D eigenvalue weighted by Gasteiger charge is -2.55. The molecule has 0 amide bonds. The third kappa shape index (κ3) is 1.13. The van der Waals surface area contributed by atoms with Gasteiger partial charge in [0.05, 0.1) is 6.10 Å². The maximum Gasteiger partial charge on any atom is 0.142 e. The molecule has 4 aliphatic rings. The number of hydrogen-bond donors (Lipinski definition) is 1. The number of allylic oxidation sites excluding steroid dienone is 1. The van der Waals surface area contributed by atoms with Gasteiger partial charge in [-0.2, -0.15) is 0 Å². The first-order valence-electron chi connectivity index (χ1n) is 6.68. The van der Waals surface area contributed by atoms with E-state index in [-0.39, 0.29) is 22.9 Å². The Morgan fingerprint density at radius 2 is 2.06 bits per heavy atom. The number of Topliss-reactive ketones (excluding diaryl/α,β-unsaturated/α-hetero) is 1. The molecule has 17 heavy (non-hydrogen) atoms. The number of fused-ring (bicyclic) bond motifs is 1. The van der Waals surface area contributed by atoms with Gasteiger partial charge in [-0.05, 0) is 43.4 Å². The van der Waals surface area contributed by atoms with Crippen LogP contribution in [0.15, 0.2) is 12.2 Å². The summed E-state index contributed by atoms with van der Waals surface area (Å²) in [5, 5.41) is 10.3. The fourth-order valence-corrected chi connectivity index (χ4v) is 5.09. The van der Waals surface area contributed by atoms with Crippen LogP contribution in [-0.2, 0) is 4.79 Å². The number of hydrogen-bond acceptors (Lipinski definition) is 2. The van der Waals surface area contributed by atoms with Gasteiger partial charge in [-0.1, -0.05) is 26.0 Å². The van der Waals surface area contributed by atoms with Crippen molar-refractivity contribution in [3.05, 3.63) is 12.2 Å². The van der Waals surface area contributed by atoms with Gasteiger partial charge in [-0.25, -0.2) is 0 Å². The minimum atomic E-state index is -0.294. The second kappa shape index (κ2) is 3.03. The lowest BCUT2D eigenvalue weighted by atomic mass is 9.47. The van der Waals surface area contributed by atoms with Gasteiger partial charge in [0.1, 0.15) is 5.78 Å². The number of aliphatic hydroxyl groups is 1. The van der Waals surface area contributed by atoms with Crippen LogP contribution in [0.3, 0.4) is 0 Å². The summed E-state index contributed by atoms with van der Waals surface area (Å²) >= 11 is 0. The van der Waals surface area contributed by atoms with E-state index in [1.54, 1.807) is 0 Å². The topological polar surface area (TPSA) is 37.3 Å². The first kappa shape index (κ1) is 11.5. The molecule has 4 aliphatic carbocycles. The number of carbonyl (C=O) groups is 1. The van der Waals surface area contributed by atoms with Crippen LogP contribution >= 0.6 is 0 Å². The first-order chi connectivity index (χ1) is 7.80. The molecule has 0 aliphatic heterocycles. The molecule has 0 aromatic carbocycles. The van der Waals surface area contributed by atoms with Crippen molar-refractivity contribution in [1.29, 1.82) is 0 Å². The van der Waals surface area contributed by atoms with Crippen molar-refractivity contribution in [2.24, 2.45) is 28.6 Å². The van der Waals surface area contributed by atoms with Crippen LogP contribution in [-0.4, -0.2) is 17.0 Å². The highest BCUT2D eigenvalue weighted by molar-refractivity contribution is 5.90. The number of ketones is 1. The Hall–Kier alpha value is -0.630. The Morgan fingerprint density at radius 1 is 1.41 bits per heavy atom. The molecule has 1 unspecified atom stereocenters. The summed E-state index contributed by atoms with van der Waals surface area (Å²) in [5.41, 5.74) is 0.858. The summed E-state index contributed by atoms with van der Waals surface area (Å²) in [5.74, 6) is 1.23. The highest BCUT2D eigenvalue weighted by Gasteiger charge is 2.69.